The van der Waals surface area contributed by atoms with Gasteiger partial charge >= 0.3 is 0 Å². The lowest BCUT2D eigenvalue weighted by Crippen LogP contribution is -2.18. The van der Waals surface area contributed by atoms with Crippen LogP contribution in [0, 0.1) is 5.41 Å². The molecule has 80 valence electrons. The van der Waals surface area contributed by atoms with Gasteiger partial charge < -0.3 is 5.73 Å². The van der Waals surface area contributed by atoms with Crippen LogP contribution in [0.1, 0.15) is 26.3 Å². The number of ketones is 1. The molecule has 1 aromatic carbocycles. The Morgan fingerprint density at radius 2 is 1.73 bits per heavy atom. The Labute approximate surface area is 90.8 Å². The van der Waals surface area contributed by atoms with Gasteiger partial charge in [-0.3, -0.25) is 4.79 Å². The predicted molar refractivity (Wildman–Crippen MR) is 63.1 cm³/mol. The summed E-state index contributed by atoms with van der Waals surface area (Å²) in [5.74, 6) is 0.0452. The fourth-order valence-corrected chi connectivity index (χ4v) is 1.07. The number of nitrogens with two attached hydrogens (primary N) is 1. The van der Waals surface area contributed by atoms with Gasteiger partial charge in [0.2, 0.25) is 0 Å². The Kier molecular flexibility index (Phi) is 3.30. The van der Waals surface area contributed by atoms with E-state index in [0.29, 0.717) is 5.70 Å². The average molecular weight is 203 g/mol. The van der Waals surface area contributed by atoms with Crippen LogP contribution < -0.4 is 5.73 Å². The first-order valence-corrected chi connectivity index (χ1v) is 4.98. The van der Waals surface area contributed by atoms with Crippen LogP contribution in [-0.4, -0.2) is 5.78 Å². The van der Waals surface area contributed by atoms with E-state index < -0.39 is 0 Å². The zero-order valence-electron chi connectivity index (χ0n) is 9.45. The van der Waals surface area contributed by atoms with Crippen molar-refractivity contribution in [3.8, 4) is 0 Å². The number of carbonyl (C=O) groups excluding carboxylic acids is 1. The molecule has 0 unspecified atom stereocenters. The van der Waals surface area contributed by atoms with E-state index in [4.69, 9.17) is 5.73 Å². The van der Waals surface area contributed by atoms with E-state index in [9.17, 15) is 4.79 Å². The van der Waals surface area contributed by atoms with E-state index in [0.717, 1.165) is 5.56 Å². The Morgan fingerprint density at radius 3 is 2.20 bits per heavy atom. The van der Waals surface area contributed by atoms with Crippen molar-refractivity contribution < 1.29 is 4.79 Å². The molecule has 2 nitrogen and oxygen atoms in total. The third kappa shape index (κ3) is 3.24. The summed E-state index contributed by atoms with van der Waals surface area (Å²) in [4.78, 5) is 11.7. The van der Waals surface area contributed by atoms with Crippen molar-refractivity contribution in [1.82, 2.24) is 0 Å². The zero-order chi connectivity index (χ0) is 11.5. The van der Waals surface area contributed by atoms with Crippen molar-refractivity contribution in [2.45, 2.75) is 20.8 Å². The lowest BCUT2D eigenvalue weighted by atomic mass is 9.90. The predicted octanol–water partition coefficient (Wildman–Crippen LogP) is 2.60. The number of hydrogen-bond donors (Lipinski definition) is 1. The molecule has 1 aromatic rings. The zero-order valence-corrected chi connectivity index (χ0v) is 9.45. The minimum Gasteiger partial charge on any atom is -0.398 e. The van der Waals surface area contributed by atoms with Crippen LogP contribution in [-0.2, 0) is 4.79 Å². The maximum Gasteiger partial charge on any atom is 0.163 e. The fourth-order valence-electron chi connectivity index (χ4n) is 1.07. The molecule has 2 N–H and O–H groups in total. The van der Waals surface area contributed by atoms with Crippen molar-refractivity contribution >= 4 is 11.5 Å². The number of hydrogen-bond acceptors (Lipinski definition) is 2. The normalized spacial score (nSPS) is 12.6. The second-order valence-corrected chi connectivity index (χ2v) is 4.58. The SMILES string of the molecule is CC(C)(C)C(=O)/C=C(\N)c1ccccc1. The largest absolute Gasteiger partial charge is 0.398 e. The van der Waals surface area contributed by atoms with Gasteiger partial charge in [0.1, 0.15) is 0 Å². The highest BCUT2D eigenvalue weighted by Crippen LogP contribution is 2.17. The number of allylic oxidation sites excluding steroid dienone is 1. The van der Waals surface area contributed by atoms with E-state index >= 15 is 0 Å². The summed E-state index contributed by atoms with van der Waals surface area (Å²) in [5, 5.41) is 0. The van der Waals surface area contributed by atoms with Crippen LogP contribution in [0.2, 0.25) is 0 Å². The highest BCUT2D eigenvalue weighted by atomic mass is 16.1. The van der Waals surface area contributed by atoms with Crippen molar-refractivity contribution in [3.63, 3.8) is 0 Å². The smallest absolute Gasteiger partial charge is 0.163 e. The van der Waals surface area contributed by atoms with Gasteiger partial charge in [0.05, 0.1) is 0 Å². The topological polar surface area (TPSA) is 43.1 Å². The van der Waals surface area contributed by atoms with Gasteiger partial charge in [-0.25, -0.2) is 0 Å². The van der Waals surface area contributed by atoms with Crippen molar-refractivity contribution in [2.24, 2.45) is 11.1 Å². The molecule has 0 aromatic heterocycles. The van der Waals surface area contributed by atoms with Crippen LogP contribution in [0.25, 0.3) is 5.70 Å². The van der Waals surface area contributed by atoms with Crippen LogP contribution in [0.15, 0.2) is 36.4 Å². The van der Waals surface area contributed by atoms with E-state index in [2.05, 4.69) is 0 Å². The van der Waals surface area contributed by atoms with Crippen molar-refractivity contribution in [2.75, 3.05) is 0 Å². The Hall–Kier alpha value is -1.57. The third-order valence-electron chi connectivity index (χ3n) is 2.13. The molecule has 0 amide bonds. The molecule has 0 saturated carbocycles. The second kappa shape index (κ2) is 4.30. The molecule has 0 bridgehead atoms. The average Bonchev–Trinajstić information content (AvgIpc) is 2.17. The molecular weight excluding hydrogens is 186 g/mol. The molecule has 0 heterocycles. The molecule has 0 aliphatic rings. The lowest BCUT2D eigenvalue weighted by molar-refractivity contribution is -0.121. The number of rotatable bonds is 2. The highest BCUT2D eigenvalue weighted by Gasteiger charge is 2.19. The summed E-state index contributed by atoms with van der Waals surface area (Å²) in [5.41, 5.74) is 6.87. The summed E-state index contributed by atoms with van der Waals surface area (Å²) in [7, 11) is 0. The molecule has 0 aliphatic carbocycles. The van der Waals surface area contributed by atoms with Crippen molar-refractivity contribution in [1.29, 1.82) is 0 Å². The van der Waals surface area contributed by atoms with Crippen molar-refractivity contribution in [3.05, 3.63) is 42.0 Å². The first-order valence-electron chi connectivity index (χ1n) is 4.98. The Bertz CT molecular complexity index is 371. The molecule has 0 fully saturated rings. The second-order valence-electron chi connectivity index (χ2n) is 4.58. The minimum absolute atomic E-state index is 0.0452. The Morgan fingerprint density at radius 1 is 1.20 bits per heavy atom. The lowest BCUT2D eigenvalue weighted by Gasteiger charge is -2.14. The quantitative estimate of drug-likeness (QED) is 0.751. The van der Waals surface area contributed by atoms with Gasteiger partial charge in [-0.05, 0) is 5.56 Å². The number of benzene rings is 1. The first kappa shape index (κ1) is 11.5. The van der Waals surface area contributed by atoms with Gasteiger partial charge in [-0.15, -0.1) is 0 Å². The molecule has 0 aliphatic heterocycles. The van der Waals surface area contributed by atoms with Gasteiger partial charge in [-0.2, -0.15) is 0 Å². The van der Waals surface area contributed by atoms with Gasteiger partial charge in [0.25, 0.3) is 0 Å². The molecule has 0 atom stereocenters. The summed E-state index contributed by atoms with van der Waals surface area (Å²) in [6.45, 7) is 5.64. The molecule has 2 heteroatoms. The van der Waals surface area contributed by atoms with Crippen LogP contribution in [0.4, 0.5) is 0 Å². The maximum absolute atomic E-state index is 11.7. The maximum atomic E-state index is 11.7. The van der Waals surface area contributed by atoms with Crippen LogP contribution >= 0.6 is 0 Å². The molecule has 1 rings (SSSR count). The van der Waals surface area contributed by atoms with E-state index in [1.54, 1.807) is 0 Å². The Balaban J connectivity index is 2.91. The third-order valence-corrected chi connectivity index (χ3v) is 2.13. The summed E-state index contributed by atoms with van der Waals surface area (Å²) in [6, 6.07) is 9.50. The van der Waals surface area contributed by atoms with E-state index in [-0.39, 0.29) is 11.2 Å². The number of carbonyl (C=O) groups is 1. The van der Waals surface area contributed by atoms with Gasteiger partial charge in [-0.1, -0.05) is 51.1 Å². The molecule has 15 heavy (non-hydrogen) atoms. The summed E-state index contributed by atoms with van der Waals surface area (Å²) < 4.78 is 0. The minimum atomic E-state index is -0.376. The summed E-state index contributed by atoms with van der Waals surface area (Å²) in [6.07, 6.45) is 1.51. The molecule has 0 spiro atoms. The molecule has 0 saturated heterocycles. The standard InChI is InChI=1S/C13H17NO/c1-13(2,3)12(15)9-11(14)10-7-5-4-6-8-10/h4-9H,14H2,1-3H3/b11-9-. The monoisotopic (exact) mass is 203 g/mol. The van der Waals surface area contributed by atoms with Crippen LogP contribution in [0.5, 0.6) is 0 Å². The molecule has 0 radical (unpaired) electrons. The van der Waals surface area contributed by atoms with Crippen LogP contribution in [0.3, 0.4) is 0 Å². The first-order chi connectivity index (χ1) is 6.91. The van der Waals surface area contributed by atoms with Gasteiger partial charge in [0.15, 0.2) is 5.78 Å². The van der Waals surface area contributed by atoms with E-state index in [1.165, 1.54) is 6.08 Å². The fraction of sp³-hybridized carbons (Fsp3) is 0.308. The van der Waals surface area contributed by atoms with E-state index in [1.807, 2.05) is 51.1 Å². The highest BCUT2D eigenvalue weighted by molar-refractivity contribution is 5.99. The van der Waals surface area contributed by atoms with Gasteiger partial charge in [0, 0.05) is 17.2 Å². The summed E-state index contributed by atoms with van der Waals surface area (Å²) >= 11 is 0. The molecular formula is C13H17NO.